The van der Waals surface area contributed by atoms with Crippen LogP contribution in [0.4, 0.5) is 5.69 Å². The first-order valence-corrected chi connectivity index (χ1v) is 13.2. The van der Waals surface area contributed by atoms with Crippen molar-refractivity contribution in [3.8, 4) is 16.9 Å². The zero-order valence-corrected chi connectivity index (χ0v) is 23.0. The smallest absolute Gasteiger partial charge is 0.269 e. The minimum absolute atomic E-state index is 0.169. The Kier molecular flexibility index (Phi) is 7.68. The Hall–Kier alpha value is -4.47. The van der Waals surface area contributed by atoms with E-state index in [0.29, 0.717) is 46.9 Å². The largest absolute Gasteiger partial charge is 0.364 e. The van der Waals surface area contributed by atoms with E-state index in [1.54, 1.807) is 53.2 Å². The summed E-state index contributed by atoms with van der Waals surface area (Å²) in [4.78, 5) is 39.8. The number of benzene rings is 3. The molecule has 40 heavy (non-hydrogen) atoms. The molecule has 0 spiro atoms. The number of aryl methyl sites for hydroxylation is 1. The van der Waals surface area contributed by atoms with Crippen molar-refractivity contribution in [2.24, 2.45) is 5.73 Å². The summed E-state index contributed by atoms with van der Waals surface area (Å²) >= 11 is 6.21. The number of likely N-dealkylation sites (N-methyl/N-ethyl adjacent to an activating group) is 1. The molecule has 3 aromatic carbocycles. The van der Waals surface area contributed by atoms with E-state index >= 15 is 0 Å². The van der Waals surface area contributed by atoms with Gasteiger partial charge in [-0.05, 0) is 81.0 Å². The number of fused-ring (bicyclic) bond motifs is 3. The average Bonchev–Trinajstić information content (AvgIpc) is 3.34. The van der Waals surface area contributed by atoms with Crippen LogP contribution >= 0.6 is 11.6 Å². The molecule has 9 nitrogen and oxygen atoms in total. The summed E-state index contributed by atoms with van der Waals surface area (Å²) < 4.78 is 1.68. The van der Waals surface area contributed by atoms with Crippen LogP contribution < -0.4 is 16.4 Å². The molecular formula is C30H29ClN6O3. The maximum Gasteiger partial charge on any atom is 0.269 e. The highest BCUT2D eigenvalue weighted by atomic mass is 35.5. The van der Waals surface area contributed by atoms with Gasteiger partial charge in [0.25, 0.3) is 17.7 Å². The quantitative estimate of drug-likeness (QED) is 0.303. The van der Waals surface area contributed by atoms with Gasteiger partial charge in [0, 0.05) is 35.5 Å². The molecule has 3 amide bonds. The van der Waals surface area contributed by atoms with E-state index in [2.05, 4.69) is 15.7 Å². The summed E-state index contributed by atoms with van der Waals surface area (Å²) in [6, 6.07) is 19.5. The topological polar surface area (TPSA) is 122 Å². The fourth-order valence-electron chi connectivity index (χ4n) is 4.79. The monoisotopic (exact) mass is 556 g/mol. The highest BCUT2D eigenvalue weighted by molar-refractivity contribution is 6.34. The summed E-state index contributed by atoms with van der Waals surface area (Å²) in [5.41, 5.74) is 11.4. The minimum atomic E-state index is -0.612. The maximum atomic E-state index is 12.9. The van der Waals surface area contributed by atoms with E-state index in [0.717, 1.165) is 28.9 Å². The lowest BCUT2D eigenvalue weighted by Crippen LogP contribution is -2.31. The number of rotatable bonds is 8. The van der Waals surface area contributed by atoms with Gasteiger partial charge in [-0.1, -0.05) is 29.8 Å². The van der Waals surface area contributed by atoms with E-state index in [4.69, 9.17) is 17.3 Å². The molecule has 0 atom stereocenters. The van der Waals surface area contributed by atoms with Crippen molar-refractivity contribution >= 4 is 35.0 Å². The predicted molar refractivity (Wildman–Crippen MR) is 155 cm³/mol. The SMILES string of the molecule is CN(C)CCNC(=O)c1ccc(-n2nc(C(N)=O)c3c2-c2cc(NC(=O)c4ccccc4Cl)ccc2CC3)cc1. The summed E-state index contributed by atoms with van der Waals surface area (Å²) in [5.74, 6) is -1.11. The lowest BCUT2D eigenvalue weighted by atomic mass is 9.88. The second-order valence-electron chi connectivity index (χ2n) is 9.86. The first kappa shape index (κ1) is 27.1. The molecule has 1 heterocycles. The molecule has 4 N–H and O–H groups in total. The molecule has 1 aliphatic rings. The summed E-state index contributed by atoms with van der Waals surface area (Å²) in [5, 5.41) is 10.8. The van der Waals surface area contributed by atoms with Crippen molar-refractivity contribution < 1.29 is 14.4 Å². The number of carbonyl (C=O) groups excluding carboxylic acids is 3. The molecule has 10 heteroatoms. The van der Waals surface area contributed by atoms with Crippen LogP contribution in [0.2, 0.25) is 5.02 Å². The zero-order valence-electron chi connectivity index (χ0n) is 22.2. The van der Waals surface area contributed by atoms with Crippen molar-refractivity contribution in [3.63, 3.8) is 0 Å². The number of anilines is 1. The third kappa shape index (κ3) is 5.47. The molecule has 1 aliphatic carbocycles. The molecule has 0 fully saturated rings. The number of amides is 3. The molecular weight excluding hydrogens is 528 g/mol. The Morgan fingerprint density at radius 3 is 2.45 bits per heavy atom. The molecule has 0 saturated heterocycles. The van der Waals surface area contributed by atoms with Crippen molar-refractivity contribution in [3.05, 3.63) is 99.7 Å². The predicted octanol–water partition coefficient (Wildman–Crippen LogP) is 3.93. The number of hydrogen-bond acceptors (Lipinski definition) is 5. The summed E-state index contributed by atoms with van der Waals surface area (Å²) in [7, 11) is 3.89. The van der Waals surface area contributed by atoms with Crippen LogP contribution in [-0.4, -0.2) is 59.6 Å². The highest BCUT2D eigenvalue weighted by Crippen LogP contribution is 2.38. The molecule has 1 aromatic heterocycles. The van der Waals surface area contributed by atoms with Gasteiger partial charge in [0.1, 0.15) is 0 Å². The standard InChI is InChI=1S/C30H29ClN6O3/c1-36(2)16-15-33-29(39)19-8-12-21(13-9-19)37-27-23(26(35-37)28(32)38)14-10-18-7-11-20(17-24(18)27)34-30(40)22-5-3-4-6-25(22)31/h3-9,11-13,17H,10,14-16H2,1-2H3,(H2,32,38)(H,33,39)(H,34,40). The molecule has 0 radical (unpaired) electrons. The van der Waals surface area contributed by atoms with Crippen LogP contribution in [-0.2, 0) is 12.8 Å². The minimum Gasteiger partial charge on any atom is -0.364 e. The number of nitrogens with one attached hydrogen (secondary N) is 2. The van der Waals surface area contributed by atoms with E-state index in [1.165, 1.54) is 0 Å². The molecule has 0 saturated carbocycles. The lowest BCUT2D eigenvalue weighted by Gasteiger charge is -2.20. The fourth-order valence-corrected chi connectivity index (χ4v) is 5.02. The highest BCUT2D eigenvalue weighted by Gasteiger charge is 2.28. The maximum absolute atomic E-state index is 12.9. The van der Waals surface area contributed by atoms with Crippen molar-refractivity contribution in [2.75, 3.05) is 32.5 Å². The Morgan fingerprint density at radius 1 is 1.00 bits per heavy atom. The second kappa shape index (κ2) is 11.3. The third-order valence-corrected chi connectivity index (χ3v) is 7.15. The van der Waals surface area contributed by atoms with Crippen LogP contribution in [0.5, 0.6) is 0 Å². The van der Waals surface area contributed by atoms with Gasteiger partial charge in [-0.2, -0.15) is 5.10 Å². The van der Waals surface area contributed by atoms with Gasteiger partial charge in [0.2, 0.25) is 0 Å². The van der Waals surface area contributed by atoms with E-state index in [1.807, 2.05) is 37.2 Å². The summed E-state index contributed by atoms with van der Waals surface area (Å²) in [6.45, 7) is 1.27. The van der Waals surface area contributed by atoms with Crippen molar-refractivity contribution in [1.82, 2.24) is 20.0 Å². The van der Waals surface area contributed by atoms with Crippen LogP contribution in [0.1, 0.15) is 42.3 Å². The van der Waals surface area contributed by atoms with Crippen LogP contribution in [0.15, 0.2) is 66.7 Å². The fraction of sp³-hybridized carbons (Fsp3) is 0.200. The molecule has 204 valence electrons. The van der Waals surface area contributed by atoms with Crippen LogP contribution in [0.25, 0.3) is 16.9 Å². The second-order valence-corrected chi connectivity index (χ2v) is 10.3. The number of nitrogens with two attached hydrogens (primary N) is 1. The first-order valence-electron chi connectivity index (χ1n) is 12.9. The van der Waals surface area contributed by atoms with E-state index in [9.17, 15) is 14.4 Å². The molecule has 5 rings (SSSR count). The Bertz CT molecular complexity index is 1610. The van der Waals surface area contributed by atoms with Gasteiger partial charge in [-0.3, -0.25) is 14.4 Å². The van der Waals surface area contributed by atoms with Gasteiger partial charge >= 0.3 is 0 Å². The Labute approximate surface area is 236 Å². The lowest BCUT2D eigenvalue weighted by molar-refractivity contribution is 0.0949. The molecule has 0 bridgehead atoms. The number of nitrogens with zero attached hydrogens (tertiary/aromatic N) is 3. The third-order valence-electron chi connectivity index (χ3n) is 6.82. The van der Waals surface area contributed by atoms with Crippen LogP contribution in [0, 0.1) is 0 Å². The number of hydrogen-bond donors (Lipinski definition) is 3. The van der Waals surface area contributed by atoms with Gasteiger partial charge in [0.05, 0.1) is 22.0 Å². The molecule has 4 aromatic rings. The van der Waals surface area contributed by atoms with Crippen molar-refractivity contribution in [1.29, 1.82) is 0 Å². The molecule has 0 unspecified atom stereocenters. The zero-order chi connectivity index (χ0) is 28.4. The number of aromatic nitrogens is 2. The Morgan fingerprint density at radius 2 is 1.75 bits per heavy atom. The van der Waals surface area contributed by atoms with Gasteiger partial charge in [-0.25, -0.2) is 4.68 Å². The van der Waals surface area contributed by atoms with Crippen LogP contribution in [0.3, 0.4) is 0 Å². The van der Waals surface area contributed by atoms with Gasteiger partial charge in [-0.15, -0.1) is 0 Å². The van der Waals surface area contributed by atoms with E-state index in [-0.39, 0.29) is 17.5 Å². The van der Waals surface area contributed by atoms with E-state index < -0.39 is 5.91 Å². The number of halogens is 1. The Balaban J connectivity index is 1.49. The number of carbonyl (C=O) groups is 3. The van der Waals surface area contributed by atoms with Crippen molar-refractivity contribution in [2.45, 2.75) is 12.8 Å². The first-order chi connectivity index (χ1) is 19.2. The average molecular weight is 557 g/mol. The molecule has 0 aliphatic heterocycles. The van der Waals surface area contributed by atoms with Gasteiger partial charge in [0.15, 0.2) is 5.69 Å². The normalized spacial score (nSPS) is 12.0. The van der Waals surface area contributed by atoms with Gasteiger partial charge < -0.3 is 21.3 Å². The number of primary amides is 1. The summed E-state index contributed by atoms with van der Waals surface area (Å²) in [6.07, 6.45) is 1.29.